The first kappa shape index (κ1) is 17.5. The lowest BCUT2D eigenvalue weighted by atomic mass is 10.0. The third-order valence-corrected chi connectivity index (χ3v) is 5.40. The van der Waals surface area contributed by atoms with E-state index in [2.05, 4.69) is 5.32 Å². The Morgan fingerprint density at radius 1 is 1.25 bits per heavy atom. The molecule has 2 heterocycles. The molecule has 2 fully saturated rings. The number of nitrogens with one attached hydrogen (secondary N) is 1. The van der Waals surface area contributed by atoms with Gasteiger partial charge in [-0.1, -0.05) is 23.2 Å². The number of rotatable bonds is 3. The SMILES string of the molecule is CN[C@@H]1CCCN(C(=O)[C@H]2CCN(c3cc(Cl)ccc3Cl)C2=O)C1. The maximum atomic E-state index is 12.8. The van der Waals surface area contributed by atoms with Crippen LogP contribution in [0.5, 0.6) is 0 Å². The van der Waals surface area contributed by atoms with E-state index in [4.69, 9.17) is 23.2 Å². The minimum Gasteiger partial charge on any atom is -0.340 e. The molecule has 3 rings (SSSR count). The summed E-state index contributed by atoms with van der Waals surface area (Å²) in [7, 11) is 1.91. The van der Waals surface area contributed by atoms with Gasteiger partial charge in [-0.2, -0.15) is 0 Å². The van der Waals surface area contributed by atoms with E-state index in [1.807, 2.05) is 11.9 Å². The van der Waals surface area contributed by atoms with Gasteiger partial charge in [-0.15, -0.1) is 0 Å². The Labute approximate surface area is 151 Å². The lowest BCUT2D eigenvalue weighted by molar-refractivity contribution is -0.140. The third-order valence-electron chi connectivity index (χ3n) is 4.84. The molecule has 2 atom stereocenters. The molecule has 2 amide bonds. The van der Waals surface area contributed by atoms with Gasteiger partial charge in [0.05, 0.1) is 10.7 Å². The molecule has 0 aliphatic carbocycles. The Kier molecular flexibility index (Phi) is 5.33. The fraction of sp³-hybridized carbons (Fsp3) is 0.529. The van der Waals surface area contributed by atoms with E-state index >= 15 is 0 Å². The van der Waals surface area contributed by atoms with Gasteiger partial charge >= 0.3 is 0 Å². The van der Waals surface area contributed by atoms with Gasteiger partial charge in [0.25, 0.3) is 0 Å². The highest BCUT2D eigenvalue weighted by molar-refractivity contribution is 6.36. The van der Waals surface area contributed by atoms with Crippen LogP contribution in [0.2, 0.25) is 10.0 Å². The van der Waals surface area contributed by atoms with Crippen molar-refractivity contribution in [1.29, 1.82) is 0 Å². The number of halogens is 2. The minimum atomic E-state index is -0.615. The first-order valence-corrected chi connectivity index (χ1v) is 8.99. The smallest absolute Gasteiger partial charge is 0.239 e. The Morgan fingerprint density at radius 3 is 2.79 bits per heavy atom. The van der Waals surface area contributed by atoms with Gasteiger partial charge in [-0.3, -0.25) is 9.59 Å². The molecular formula is C17H21Cl2N3O2. The van der Waals surface area contributed by atoms with Crippen LogP contribution in [-0.4, -0.2) is 49.4 Å². The normalized spacial score (nSPS) is 24.5. The van der Waals surface area contributed by atoms with Crippen molar-refractivity contribution in [2.45, 2.75) is 25.3 Å². The largest absolute Gasteiger partial charge is 0.340 e. The Morgan fingerprint density at radius 2 is 2.04 bits per heavy atom. The van der Waals surface area contributed by atoms with Crippen LogP contribution in [0.1, 0.15) is 19.3 Å². The molecule has 7 heteroatoms. The van der Waals surface area contributed by atoms with Crippen LogP contribution in [0.3, 0.4) is 0 Å². The van der Waals surface area contributed by atoms with Crippen LogP contribution >= 0.6 is 23.2 Å². The van der Waals surface area contributed by atoms with Crippen LogP contribution < -0.4 is 10.2 Å². The van der Waals surface area contributed by atoms with Crippen molar-refractivity contribution < 1.29 is 9.59 Å². The number of amides is 2. The van der Waals surface area contributed by atoms with E-state index in [1.165, 1.54) is 0 Å². The van der Waals surface area contributed by atoms with Crippen molar-refractivity contribution in [3.8, 4) is 0 Å². The Hall–Kier alpha value is -1.30. The molecule has 5 nitrogen and oxygen atoms in total. The number of hydrogen-bond acceptors (Lipinski definition) is 3. The molecule has 0 aromatic heterocycles. The van der Waals surface area contributed by atoms with E-state index in [1.54, 1.807) is 23.1 Å². The summed E-state index contributed by atoms with van der Waals surface area (Å²) in [5.41, 5.74) is 0.580. The standard InChI is InChI=1S/C17H21Cl2N3O2/c1-20-12-3-2-7-21(10-12)16(23)13-6-8-22(17(13)24)15-9-11(18)4-5-14(15)19/h4-5,9,12-13,20H,2-3,6-8,10H2,1H3/t12-,13-/m1/s1. The third kappa shape index (κ3) is 3.39. The number of likely N-dealkylation sites (N-methyl/N-ethyl adjacent to an activating group) is 1. The highest BCUT2D eigenvalue weighted by Crippen LogP contribution is 2.34. The molecule has 0 spiro atoms. The number of carbonyl (C=O) groups excluding carboxylic acids is 2. The average molecular weight is 370 g/mol. The van der Waals surface area contributed by atoms with E-state index in [0.717, 1.165) is 19.4 Å². The predicted molar refractivity (Wildman–Crippen MR) is 95.6 cm³/mol. The summed E-state index contributed by atoms with van der Waals surface area (Å²) in [6, 6.07) is 5.33. The fourth-order valence-electron chi connectivity index (χ4n) is 3.47. The van der Waals surface area contributed by atoms with Crippen molar-refractivity contribution in [3.05, 3.63) is 28.2 Å². The maximum Gasteiger partial charge on any atom is 0.239 e. The van der Waals surface area contributed by atoms with Gasteiger partial charge < -0.3 is 15.1 Å². The van der Waals surface area contributed by atoms with Crippen molar-refractivity contribution in [1.82, 2.24) is 10.2 Å². The quantitative estimate of drug-likeness (QED) is 0.833. The zero-order chi connectivity index (χ0) is 17.3. The van der Waals surface area contributed by atoms with Crippen LogP contribution in [0, 0.1) is 5.92 Å². The van der Waals surface area contributed by atoms with Crippen molar-refractivity contribution in [2.75, 3.05) is 31.6 Å². The van der Waals surface area contributed by atoms with Gasteiger partial charge in [0, 0.05) is 30.7 Å². The zero-order valence-corrected chi connectivity index (χ0v) is 15.1. The number of piperidine rings is 1. The molecule has 2 aliphatic heterocycles. The van der Waals surface area contributed by atoms with Crippen molar-refractivity contribution in [3.63, 3.8) is 0 Å². The molecule has 0 radical (unpaired) electrons. The summed E-state index contributed by atoms with van der Waals surface area (Å²) in [4.78, 5) is 29.0. The van der Waals surface area contributed by atoms with E-state index in [9.17, 15) is 9.59 Å². The van der Waals surface area contributed by atoms with Gasteiger partial charge in [-0.05, 0) is 44.5 Å². The molecule has 0 saturated carbocycles. The molecule has 1 aromatic carbocycles. The number of benzene rings is 1. The van der Waals surface area contributed by atoms with Gasteiger partial charge in [0.15, 0.2) is 0 Å². The average Bonchev–Trinajstić information content (AvgIpc) is 2.97. The Bertz CT molecular complexity index is 653. The van der Waals surface area contributed by atoms with Crippen molar-refractivity contribution in [2.24, 2.45) is 5.92 Å². The van der Waals surface area contributed by atoms with Gasteiger partial charge in [0.2, 0.25) is 11.8 Å². The lowest BCUT2D eigenvalue weighted by Gasteiger charge is -2.33. The molecule has 130 valence electrons. The second-order valence-corrected chi connectivity index (χ2v) is 7.18. The van der Waals surface area contributed by atoms with E-state index in [0.29, 0.717) is 41.3 Å². The maximum absolute atomic E-state index is 12.8. The predicted octanol–water partition coefficient (Wildman–Crippen LogP) is 2.56. The molecule has 24 heavy (non-hydrogen) atoms. The fourth-order valence-corrected chi connectivity index (χ4v) is 3.86. The lowest BCUT2D eigenvalue weighted by Crippen LogP contribution is -2.49. The summed E-state index contributed by atoms with van der Waals surface area (Å²) >= 11 is 12.2. The second kappa shape index (κ2) is 7.30. The molecule has 0 unspecified atom stereocenters. The second-order valence-electron chi connectivity index (χ2n) is 6.34. The first-order chi connectivity index (χ1) is 11.5. The number of hydrogen-bond donors (Lipinski definition) is 1. The van der Waals surface area contributed by atoms with Crippen LogP contribution in [-0.2, 0) is 9.59 Å². The highest BCUT2D eigenvalue weighted by atomic mass is 35.5. The topological polar surface area (TPSA) is 52.7 Å². The highest BCUT2D eigenvalue weighted by Gasteiger charge is 2.41. The molecule has 1 aromatic rings. The molecule has 2 saturated heterocycles. The van der Waals surface area contributed by atoms with Crippen LogP contribution in [0.4, 0.5) is 5.69 Å². The van der Waals surface area contributed by atoms with Gasteiger partial charge in [-0.25, -0.2) is 0 Å². The molecule has 2 aliphatic rings. The molecule has 1 N–H and O–H groups in total. The van der Waals surface area contributed by atoms with Crippen LogP contribution in [0.25, 0.3) is 0 Å². The van der Waals surface area contributed by atoms with Gasteiger partial charge in [0.1, 0.15) is 5.92 Å². The Balaban J connectivity index is 1.74. The summed E-state index contributed by atoms with van der Waals surface area (Å²) in [6.07, 6.45) is 2.53. The summed E-state index contributed by atoms with van der Waals surface area (Å²) in [5, 5.41) is 4.20. The number of carbonyl (C=O) groups is 2. The first-order valence-electron chi connectivity index (χ1n) is 8.23. The van der Waals surface area contributed by atoms with Crippen LogP contribution in [0.15, 0.2) is 18.2 Å². The summed E-state index contributed by atoms with van der Waals surface area (Å²) in [5.74, 6) is -0.869. The number of nitrogens with zero attached hydrogens (tertiary/aromatic N) is 2. The van der Waals surface area contributed by atoms with Crippen molar-refractivity contribution >= 4 is 40.7 Å². The molecular weight excluding hydrogens is 349 g/mol. The van der Waals surface area contributed by atoms with E-state index in [-0.39, 0.29) is 11.8 Å². The monoisotopic (exact) mass is 369 g/mol. The minimum absolute atomic E-state index is 0.0689. The number of likely N-dealkylation sites (tertiary alicyclic amines) is 1. The van der Waals surface area contributed by atoms with E-state index < -0.39 is 5.92 Å². The summed E-state index contributed by atoms with van der Waals surface area (Å²) in [6.45, 7) is 1.87. The summed E-state index contributed by atoms with van der Waals surface area (Å²) < 4.78 is 0. The number of anilines is 1. The molecule has 0 bridgehead atoms. The zero-order valence-electron chi connectivity index (χ0n) is 13.6.